The van der Waals surface area contributed by atoms with Crippen LogP contribution >= 0.6 is 11.6 Å². The third-order valence-electron chi connectivity index (χ3n) is 7.89. The second-order valence-corrected chi connectivity index (χ2v) is 11.7. The summed E-state index contributed by atoms with van der Waals surface area (Å²) in [5, 5.41) is 5.94. The van der Waals surface area contributed by atoms with Gasteiger partial charge in [-0.15, -0.1) is 0 Å². The fourth-order valence-corrected chi connectivity index (χ4v) is 5.74. The molecule has 1 aliphatic carbocycles. The number of rotatable bonds is 10. The molecule has 15 heteroatoms. The highest BCUT2D eigenvalue weighted by Gasteiger charge is 2.36. The Balaban J connectivity index is 1.30. The number of ketones is 1. The van der Waals surface area contributed by atoms with E-state index in [1.165, 1.54) is 57.8 Å². The minimum Gasteiger partial charge on any atom is -0.365 e. The van der Waals surface area contributed by atoms with Gasteiger partial charge in [0.05, 0.1) is 18.1 Å². The monoisotopic (exact) mass is 643 g/mol. The molecule has 2 aliphatic rings. The predicted molar refractivity (Wildman–Crippen MR) is 160 cm³/mol. The van der Waals surface area contributed by atoms with Crippen molar-refractivity contribution in [1.29, 1.82) is 0 Å². The van der Waals surface area contributed by atoms with Crippen LogP contribution in [0.3, 0.4) is 0 Å². The third-order valence-corrected chi connectivity index (χ3v) is 8.17. The van der Waals surface area contributed by atoms with Gasteiger partial charge in [0.15, 0.2) is 5.78 Å². The number of benzene rings is 2. The van der Waals surface area contributed by atoms with Crippen molar-refractivity contribution >= 4 is 51.7 Å². The number of hydrogen-bond donors (Lipinski definition) is 1. The smallest absolute Gasteiger partial charge is 0.265 e. The number of alkyl halides is 2. The second-order valence-electron chi connectivity index (χ2n) is 11.3. The van der Waals surface area contributed by atoms with Gasteiger partial charge in [-0.1, -0.05) is 23.7 Å². The van der Waals surface area contributed by atoms with E-state index in [1.807, 2.05) is 0 Å². The first-order valence-electron chi connectivity index (χ1n) is 14.3. The molecule has 5 rings (SSSR count). The van der Waals surface area contributed by atoms with Crippen LogP contribution in [0, 0.1) is 5.82 Å². The fraction of sp³-hybridized carbons (Fsp3) is 0.400. The predicted octanol–water partition coefficient (Wildman–Crippen LogP) is 5.63. The van der Waals surface area contributed by atoms with Crippen molar-refractivity contribution in [1.82, 2.24) is 14.8 Å². The number of nitrogens with one attached hydrogen (secondary N) is 1. The highest BCUT2D eigenvalue weighted by atomic mass is 35.5. The molecule has 2 aromatic carbocycles. The van der Waals surface area contributed by atoms with Gasteiger partial charge in [-0.25, -0.2) is 13.2 Å². The number of anilines is 1. The van der Waals surface area contributed by atoms with Crippen molar-refractivity contribution in [2.75, 3.05) is 24.5 Å². The maximum atomic E-state index is 14.8. The number of piperidine rings is 1. The summed E-state index contributed by atoms with van der Waals surface area (Å²) in [6.07, 6.45) is 2.90. The van der Waals surface area contributed by atoms with Gasteiger partial charge in [0.1, 0.15) is 12.4 Å². The van der Waals surface area contributed by atoms with Gasteiger partial charge in [-0.3, -0.25) is 19.2 Å². The van der Waals surface area contributed by atoms with Crippen LogP contribution in [-0.4, -0.2) is 64.6 Å². The van der Waals surface area contributed by atoms with E-state index in [4.69, 9.17) is 17.1 Å². The number of halogens is 4. The number of amides is 3. The molecule has 236 valence electrons. The van der Waals surface area contributed by atoms with Crippen LogP contribution in [-0.2, 0) is 22.7 Å². The normalized spacial score (nSPS) is 15.8. The lowest BCUT2D eigenvalue weighted by Crippen LogP contribution is -2.43. The van der Waals surface area contributed by atoms with Crippen molar-refractivity contribution in [3.63, 3.8) is 0 Å². The molecule has 1 N–H and O–H groups in total. The number of Topliss-reactive ketones (excluding diaryl/α,β-unsaturated/α-hetero) is 1. The largest absolute Gasteiger partial charge is 0.365 e. The number of nitrogens with zero attached hydrogens (tertiary/aromatic N) is 6. The lowest BCUT2D eigenvalue weighted by atomic mass is 10.1. The van der Waals surface area contributed by atoms with Gasteiger partial charge < -0.3 is 19.7 Å². The van der Waals surface area contributed by atoms with Crippen molar-refractivity contribution in [2.24, 2.45) is 5.11 Å². The molecule has 3 aromatic rings. The van der Waals surface area contributed by atoms with Crippen molar-refractivity contribution in [2.45, 2.75) is 57.7 Å². The summed E-state index contributed by atoms with van der Waals surface area (Å²) in [6, 6.07) is 6.88. The number of aromatic nitrogens is 1. The van der Waals surface area contributed by atoms with E-state index >= 15 is 0 Å². The Kier molecular flexibility index (Phi) is 9.08. The lowest BCUT2D eigenvalue weighted by Gasteiger charge is -2.34. The number of carbonyl (C=O) groups is 4. The van der Waals surface area contributed by atoms with Gasteiger partial charge in [-0.2, -0.15) is 0 Å². The molecular formula is C30H29ClF3N7O4. The van der Waals surface area contributed by atoms with Gasteiger partial charge in [-0.05, 0) is 55.0 Å². The first kappa shape index (κ1) is 31.9. The van der Waals surface area contributed by atoms with E-state index in [9.17, 15) is 32.3 Å². The molecule has 2 fully saturated rings. The van der Waals surface area contributed by atoms with Gasteiger partial charge in [0.2, 0.25) is 17.7 Å². The molecule has 45 heavy (non-hydrogen) atoms. The zero-order valence-corrected chi connectivity index (χ0v) is 25.0. The number of azide groups is 1. The zero-order valence-electron chi connectivity index (χ0n) is 24.2. The zero-order chi connectivity index (χ0) is 32.5. The standard InChI is InChI=1S/C30H29ClF3N7O4/c1-17(42)23-13-40(25-10-18(3-6-22(23)25)29(45)37-38-35)15-27(44)41(20-4-5-20)14-26(43)36-12-19-9-21(11-24(31)28(19)32)39-8-2-7-30(33,34)16-39/h3,6,9-11,13,20H,2,4-5,7-8,12,14-16H2,1H3,(H,36,43). The average Bonchev–Trinajstić information content (AvgIpc) is 3.77. The fourth-order valence-electron chi connectivity index (χ4n) is 5.51. The summed E-state index contributed by atoms with van der Waals surface area (Å²) in [7, 11) is 0. The van der Waals surface area contributed by atoms with E-state index in [0.29, 0.717) is 41.5 Å². The van der Waals surface area contributed by atoms with Crippen LogP contribution in [0.5, 0.6) is 0 Å². The van der Waals surface area contributed by atoms with E-state index in [-0.39, 0.29) is 60.5 Å². The molecule has 3 amide bonds. The summed E-state index contributed by atoms with van der Waals surface area (Å²) in [5.74, 6) is -5.73. The van der Waals surface area contributed by atoms with Crippen LogP contribution in [0.15, 0.2) is 41.6 Å². The Morgan fingerprint density at radius 3 is 2.62 bits per heavy atom. The minimum absolute atomic E-state index is 0.0192. The molecule has 1 saturated carbocycles. The van der Waals surface area contributed by atoms with E-state index in [1.54, 1.807) is 0 Å². The van der Waals surface area contributed by atoms with Crippen LogP contribution in [0.1, 0.15) is 58.9 Å². The van der Waals surface area contributed by atoms with Crippen LogP contribution in [0.25, 0.3) is 21.3 Å². The van der Waals surface area contributed by atoms with E-state index in [0.717, 1.165) is 0 Å². The van der Waals surface area contributed by atoms with Crippen LogP contribution in [0.2, 0.25) is 5.02 Å². The van der Waals surface area contributed by atoms with Crippen LogP contribution < -0.4 is 10.2 Å². The molecule has 0 atom stereocenters. The Morgan fingerprint density at radius 2 is 1.96 bits per heavy atom. The SMILES string of the molecule is CC(=O)c1cn(CC(=O)N(CC(=O)NCc2cc(N3CCCC(F)(F)C3)cc(Cl)c2F)C2CC2)c2cc(C(=O)N=[N+]=[N-])ccc12. The summed E-state index contributed by atoms with van der Waals surface area (Å²) >= 11 is 6.06. The first-order valence-corrected chi connectivity index (χ1v) is 14.6. The minimum atomic E-state index is -2.88. The third kappa shape index (κ3) is 7.23. The van der Waals surface area contributed by atoms with Crippen molar-refractivity contribution in [3.05, 3.63) is 74.5 Å². The maximum Gasteiger partial charge on any atom is 0.265 e. The highest BCUT2D eigenvalue weighted by molar-refractivity contribution is 6.31. The molecule has 0 bridgehead atoms. The van der Waals surface area contributed by atoms with Gasteiger partial charge in [0.25, 0.3) is 5.92 Å². The van der Waals surface area contributed by atoms with Gasteiger partial charge >= 0.3 is 0 Å². The molecule has 1 aromatic heterocycles. The van der Waals surface area contributed by atoms with Crippen LogP contribution in [0.4, 0.5) is 18.9 Å². The molecule has 1 saturated heterocycles. The summed E-state index contributed by atoms with van der Waals surface area (Å²) in [6.45, 7) is 0.360. The molecule has 11 nitrogen and oxygen atoms in total. The topological polar surface area (TPSA) is 140 Å². The van der Waals surface area contributed by atoms with Crippen molar-refractivity contribution < 1.29 is 32.3 Å². The Bertz CT molecular complexity index is 1750. The molecule has 2 heterocycles. The van der Waals surface area contributed by atoms with Crippen molar-refractivity contribution in [3.8, 4) is 0 Å². The maximum absolute atomic E-state index is 14.8. The summed E-state index contributed by atoms with van der Waals surface area (Å²) < 4.78 is 44.3. The quantitative estimate of drug-likeness (QED) is 0.132. The molecule has 0 spiro atoms. The molecule has 0 radical (unpaired) electrons. The Morgan fingerprint density at radius 1 is 1.20 bits per heavy atom. The molecule has 0 unspecified atom stereocenters. The van der Waals surface area contributed by atoms with E-state index < -0.39 is 36.0 Å². The van der Waals surface area contributed by atoms with E-state index in [2.05, 4.69) is 15.3 Å². The van der Waals surface area contributed by atoms with Gasteiger partial charge in [0, 0.05) is 69.9 Å². The highest BCUT2D eigenvalue weighted by Crippen LogP contribution is 2.33. The second kappa shape index (κ2) is 12.8. The molecule has 1 aliphatic heterocycles. The first-order chi connectivity index (χ1) is 21.4. The summed E-state index contributed by atoms with van der Waals surface area (Å²) in [5.41, 5.74) is 9.76. The number of hydrogen-bond acceptors (Lipinski definition) is 5. The molecular weight excluding hydrogens is 615 g/mol. The lowest BCUT2D eigenvalue weighted by molar-refractivity contribution is -0.137. The Labute approximate surface area is 260 Å². The number of fused-ring (bicyclic) bond motifs is 1. The summed E-state index contributed by atoms with van der Waals surface area (Å²) in [4.78, 5) is 56.2. The number of carbonyl (C=O) groups excluding carboxylic acids is 4. The average molecular weight is 644 g/mol. The Hall–Kier alpha value is -4.55.